The molecule has 29 heavy (non-hydrogen) atoms. The molecule has 2 aromatic heterocycles. The first-order valence-electron chi connectivity index (χ1n) is 10.1. The minimum atomic E-state index is 0.0426. The van der Waals surface area contributed by atoms with Crippen LogP contribution in [0.2, 0.25) is 10.2 Å². The van der Waals surface area contributed by atoms with Crippen LogP contribution in [0.5, 0.6) is 0 Å². The first-order valence-corrected chi connectivity index (χ1v) is 10.8. The van der Waals surface area contributed by atoms with Gasteiger partial charge in [-0.05, 0) is 76.4 Å². The van der Waals surface area contributed by atoms with E-state index >= 15 is 0 Å². The summed E-state index contributed by atoms with van der Waals surface area (Å²) < 4.78 is 1.88. The smallest absolute Gasteiger partial charge is 0.227 e. The molecular weight excluding hydrogens is 407 g/mol. The van der Waals surface area contributed by atoms with Gasteiger partial charge in [-0.25, -0.2) is 14.6 Å². The second-order valence-electron chi connectivity index (χ2n) is 8.59. The molecule has 2 aliphatic rings. The minimum absolute atomic E-state index is 0.0426. The highest BCUT2D eigenvalue weighted by Crippen LogP contribution is 2.45. The molecule has 1 saturated carbocycles. The van der Waals surface area contributed by atoms with Crippen molar-refractivity contribution in [1.29, 1.82) is 0 Å². The maximum atomic E-state index is 6.60. The van der Waals surface area contributed by atoms with Gasteiger partial charge in [-0.15, -0.1) is 0 Å². The third-order valence-corrected chi connectivity index (χ3v) is 6.99. The topological polar surface area (TPSA) is 58.9 Å². The molecule has 1 N–H and O–H groups in total. The Labute approximate surface area is 180 Å². The van der Waals surface area contributed by atoms with Gasteiger partial charge < -0.3 is 10.2 Å². The number of nitrogens with one attached hydrogen (secondary N) is 1. The van der Waals surface area contributed by atoms with E-state index in [9.17, 15) is 0 Å². The highest BCUT2D eigenvalue weighted by atomic mass is 35.5. The molecule has 1 saturated heterocycles. The van der Waals surface area contributed by atoms with Gasteiger partial charge in [0.05, 0.1) is 22.9 Å². The van der Waals surface area contributed by atoms with Crippen molar-refractivity contribution in [3.8, 4) is 0 Å². The standard InChI is InChI=1S/C21H24Cl2N6/c1-21(5-6-21)29-19(23)18(12-25-29)27-20-24-11-14-9-16(22)15(10-17(14)26-20)13-3-7-28(2)8-4-13/h9-13H,3-8H2,1-2H3,(H,24,26,27). The molecule has 8 heteroatoms. The molecule has 3 heterocycles. The van der Waals surface area contributed by atoms with E-state index in [0.717, 1.165) is 60.4 Å². The number of aromatic nitrogens is 4. The summed E-state index contributed by atoms with van der Waals surface area (Å²) in [6.45, 7) is 4.35. The van der Waals surface area contributed by atoms with E-state index in [-0.39, 0.29) is 5.54 Å². The van der Waals surface area contributed by atoms with Crippen LogP contribution < -0.4 is 5.32 Å². The molecule has 0 amide bonds. The van der Waals surface area contributed by atoms with E-state index in [4.69, 9.17) is 28.2 Å². The SMILES string of the molecule is CN1CCC(c2cc3nc(Nc4cnn(C5(C)CC5)c4Cl)ncc3cc2Cl)CC1. The van der Waals surface area contributed by atoms with Crippen LogP contribution in [0.1, 0.15) is 44.1 Å². The van der Waals surface area contributed by atoms with E-state index in [1.165, 1.54) is 5.56 Å². The number of halogens is 2. The summed E-state index contributed by atoms with van der Waals surface area (Å²) in [6, 6.07) is 4.10. The molecule has 1 aliphatic carbocycles. The van der Waals surface area contributed by atoms with Crippen molar-refractivity contribution in [3.05, 3.63) is 40.3 Å². The molecule has 0 unspecified atom stereocenters. The Kier molecular flexibility index (Phi) is 4.68. The van der Waals surface area contributed by atoms with Gasteiger partial charge in [-0.2, -0.15) is 5.10 Å². The Morgan fingerprint density at radius 1 is 1.14 bits per heavy atom. The van der Waals surface area contributed by atoms with Gasteiger partial charge in [0.1, 0.15) is 0 Å². The fourth-order valence-electron chi connectivity index (χ4n) is 4.07. The van der Waals surface area contributed by atoms with Crippen LogP contribution in [0.25, 0.3) is 10.9 Å². The average Bonchev–Trinajstić information content (AvgIpc) is 3.34. The number of benzene rings is 1. The van der Waals surface area contributed by atoms with E-state index in [0.29, 0.717) is 17.0 Å². The number of likely N-dealkylation sites (tertiary alicyclic amines) is 1. The lowest BCUT2D eigenvalue weighted by Gasteiger charge is -2.29. The predicted octanol–water partition coefficient (Wildman–Crippen LogP) is 5.19. The number of hydrogen-bond acceptors (Lipinski definition) is 5. The van der Waals surface area contributed by atoms with Crippen LogP contribution in [-0.2, 0) is 5.54 Å². The van der Waals surface area contributed by atoms with Crippen LogP contribution in [0.3, 0.4) is 0 Å². The number of fused-ring (bicyclic) bond motifs is 1. The fraction of sp³-hybridized carbons (Fsp3) is 0.476. The van der Waals surface area contributed by atoms with Gasteiger partial charge in [0.25, 0.3) is 0 Å². The third kappa shape index (κ3) is 3.58. The van der Waals surface area contributed by atoms with Crippen LogP contribution in [0.4, 0.5) is 11.6 Å². The molecule has 1 aliphatic heterocycles. The Bertz CT molecular complexity index is 1070. The molecule has 5 rings (SSSR count). The number of nitrogens with zero attached hydrogens (tertiary/aromatic N) is 5. The molecule has 152 valence electrons. The Morgan fingerprint density at radius 3 is 2.62 bits per heavy atom. The van der Waals surface area contributed by atoms with Crippen LogP contribution in [-0.4, -0.2) is 44.8 Å². The molecule has 0 bridgehead atoms. The zero-order chi connectivity index (χ0) is 20.2. The normalized spacial score (nSPS) is 19.6. The minimum Gasteiger partial charge on any atom is -0.320 e. The lowest BCUT2D eigenvalue weighted by atomic mass is 9.89. The van der Waals surface area contributed by atoms with E-state index in [1.54, 1.807) is 12.4 Å². The van der Waals surface area contributed by atoms with Crippen LogP contribution in [0, 0.1) is 0 Å². The zero-order valence-electron chi connectivity index (χ0n) is 16.6. The molecule has 6 nitrogen and oxygen atoms in total. The molecule has 2 fully saturated rings. The molecular formula is C21H24Cl2N6. The number of hydrogen-bond donors (Lipinski definition) is 1. The maximum absolute atomic E-state index is 6.60. The zero-order valence-corrected chi connectivity index (χ0v) is 18.1. The maximum Gasteiger partial charge on any atom is 0.227 e. The van der Waals surface area contributed by atoms with Crippen molar-refractivity contribution in [1.82, 2.24) is 24.6 Å². The highest BCUT2D eigenvalue weighted by Gasteiger charge is 2.42. The largest absolute Gasteiger partial charge is 0.320 e. The summed E-state index contributed by atoms with van der Waals surface area (Å²) in [4.78, 5) is 11.5. The number of rotatable bonds is 4. The lowest BCUT2D eigenvalue weighted by molar-refractivity contribution is 0.255. The first kappa shape index (κ1) is 19.1. The first-order chi connectivity index (χ1) is 13.9. The van der Waals surface area contributed by atoms with Gasteiger partial charge in [-0.1, -0.05) is 23.2 Å². The predicted molar refractivity (Wildman–Crippen MR) is 117 cm³/mol. The molecule has 3 aromatic rings. The van der Waals surface area contributed by atoms with Gasteiger partial charge in [0.2, 0.25) is 5.95 Å². The van der Waals surface area contributed by atoms with Crippen molar-refractivity contribution < 1.29 is 0 Å². The average molecular weight is 431 g/mol. The third-order valence-electron chi connectivity index (χ3n) is 6.30. The number of anilines is 2. The summed E-state index contributed by atoms with van der Waals surface area (Å²) in [5.41, 5.74) is 2.84. The quantitative estimate of drug-likeness (QED) is 0.616. The number of piperidine rings is 1. The second-order valence-corrected chi connectivity index (χ2v) is 9.35. The summed E-state index contributed by atoms with van der Waals surface area (Å²) in [7, 11) is 2.17. The molecule has 0 atom stereocenters. The highest BCUT2D eigenvalue weighted by molar-refractivity contribution is 6.32. The molecule has 1 aromatic carbocycles. The summed E-state index contributed by atoms with van der Waals surface area (Å²) in [5.74, 6) is 0.984. The van der Waals surface area contributed by atoms with Gasteiger partial charge >= 0.3 is 0 Å². The van der Waals surface area contributed by atoms with Crippen LogP contribution in [0.15, 0.2) is 24.5 Å². The Morgan fingerprint density at radius 2 is 1.90 bits per heavy atom. The Balaban J connectivity index is 1.44. The summed E-state index contributed by atoms with van der Waals surface area (Å²) in [6.07, 6.45) is 7.97. The van der Waals surface area contributed by atoms with E-state index < -0.39 is 0 Å². The van der Waals surface area contributed by atoms with Crippen molar-refractivity contribution in [3.63, 3.8) is 0 Å². The van der Waals surface area contributed by atoms with Crippen molar-refractivity contribution in [2.24, 2.45) is 0 Å². The molecule has 0 spiro atoms. The summed E-state index contributed by atoms with van der Waals surface area (Å²) in [5, 5.41) is 10.0. The summed E-state index contributed by atoms with van der Waals surface area (Å²) >= 11 is 13.1. The van der Waals surface area contributed by atoms with Gasteiger partial charge in [-0.3, -0.25) is 0 Å². The van der Waals surface area contributed by atoms with E-state index in [2.05, 4.69) is 40.3 Å². The van der Waals surface area contributed by atoms with Crippen molar-refractivity contribution >= 4 is 45.7 Å². The second kappa shape index (κ2) is 7.11. The Hall–Kier alpha value is -1.89. The van der Waals surface area contributed by atoms with Crippen molar-refractivity contribution in [2.75, 3.05) is 25.5 Å². The fourth-order valence-corrected chi connectivity index (χ4v) is 4.74. The lowest BCUT2D eigenvalue weighted by Crippen LogP contribution is -2.29. The van der Waals surface area contributed by atoms with Crippen LogP contribution >= 0.6 is 23.2 Å². The monoisotopic (exact) mass is 430 g/mol. The van der Waals surface area contributed by atoms with E-state index in [1.807, 2.05) is 10.7 Å². The van der Waals surface area contributed by atoms with Crippen molar-refractivity contribution in [2.45, 2.75) is 44.1 Å². The molecule has 0 radical (unpaired) electrons. The van der Waals surface area contributed by atoms with Gasteiger partial charge in [0, 0.05) is 16.6 Å². The van der Waals surface area contributed by atoms with Gasteiger partial charge in [0.15, 0.2) is 5.15 Å².